The van der Waals surface area contributed by atoms with Crippen LogP contribution in [0.5, 0.6) is 5.75 Å². The number of ketones is 1. The van der Waals surface area contributed by atoms with Crippen LogP contribution in [0, 0.1) is 0 Å². The number of nitrogens with two attached hydrogens (primary N) is 1. The standard InChI is InChI=1S/C22H36N2O5.ClH/c1-2-19-22(28)20(26)13-15-24(19)14-9-7-5-3-4-6-8-10-16-29-21(27)12-11-18(25)17-23;/h13,15,28H,2-12,14,16-17,23H2,1H3;1H. The van der Waals surface area contributed by atoms with E-state index in [-0.39, 0.29) is 54.7 Å². The number of hydrogen-bond donors (Lipinski definition) is 2. The van der Waals surface area contributed by atoms with Crippen LogP contribution < -0.4 is 11.2 Å². The predicted octanol–water partition coefficient (Wildman–Crippen LogP) is 3.51. The highest BCUT2D eigenvalue weighted by Gasteiger charge is 2.08. The van der Waals surface area contributed by atoms with E-state index in [2.05, 4.69) is 0 Å². The molecule has 0 bridgehead atoms. The largest absolute Gasteiger partial charge is 0.503 e. The number of ether oxygens (including phenoxy) is 1. The minimum Gasteiger partial charge on any atom is -0.503 e. The van der Waals surface area contributed by atoms with E-state index in [0.717, 1.165) is 51.5 Å². The lowest BCUT2D eigenvalue weighted by atomic mass is 10.1. The van der Waals surface area contributed by atoms with Gasteiger partial charge < -0.3 is 20.1 Å². The van der Waals surface area contributed by atoms with Crippen molar-refractivity contribution in [2.24, 2.45) is 5.73 Å². The number of unbranched alkanes of at least 4 members (excludes halogenated alkanes) is 7. The number of Topliss-reactive ketones (excluding diaryl/α,β-unsaturated/α-hetero) is 1. The van der Waals surface area contributed by atoms with E-state index >= 15 is 0 Å². The molecule has 1 rings (SSSR count). The molecule has 0 aromatic carbocycles. The Kier molecular flexibility index (Phi) is 15.8. The lowest BCUT2D eigenvalue weighted by Crippen LogP contribution is -2.15. The van der Waals surface area contributed by atoms with Crippen molar-refractivity contribution in [2.75, 3.05) is 13.2 Å². The first-order chi connectivity index (χ1) is 14.0. The molecule has 0 unspecified atom stereocenters. The zero-order chi connectivity index (χ0) is 21.5. The van der Waals surface area contributed by atoms with Crippen LogP contribution in [0.4, 0.5) is 0 Å². The summed E-state index contributed by atoms with van der Waals surface area (Å²) in [6.07, 6.45) is 11.4. The van der Waals surface area contributed by atoms with Gasteiger partial charge in [0.2, 0.25) is 5.43 Å². The molecule has 0 fully saturated rings. The molecule has 0 amide bonds. The molecule has 172 valence electrons. The van der Waals surface area contributed by atoms with Crippen LogP contribution in [-0.2, 0) is 27.3 Å². The van der Waals surface area contributed by atoms with E-state index in [1.54, 1.807) is 6.20 Å². The summed E-state index contributed by atoms with van der Waals surface area (Å²) < 4.78 is 7.08. The lowest BCUT2D eigenvalue weighted by Gasteiger charge is -2.13. The van der Waals surface area contributed by atoms with Crippen LogP contribution in [0.25, 0.3) is 0 Å². The third kappa shape index (κ3) is 11.4. The van der Waals surface area contributed by atoms with Crippen molar-refractivity contribution >= 4 is 24.2 Å². The van der Waals surface area contributed by atoms with E-state index in [9.17, 15) is 19.5 Å². The summed E-state index contributed by atoms with van der Waals surface area (Å²) in [5.41, 5.74) is 5.59. The molecule has 1 aromatic heterocycles. The van der Waals surface area contributed by atoms with Crippen molar-refractivity contribution in [3.63, 3.8) is 0 Å². The van der Waals surface area contributed by atoms with Gasteiger partial charge in [-0.3, -0.25) is 14.4 Å². The van der Waals surface area contributed by atoms with Crippen molar-refractivity contribution in [3.8, 4) is 5.75 Å². The van der Waals surface area contributed by atoms with Gasteiger partial charge in [0.25, 0.3) is 0 Å². The topological polar surface area (TPSA) is 112 Å². The Morgan fingerprint density at radius 2 is 1.63 bits per heavy atom. The van der Waals surface area contributed by atoms with E-state index in [4.69, 9.17) is 10.5 Å². The second kappa shape index (κ2) is 16.9. The van der Waals surface area contributed by atoms with Crippen LogP contribution in [0.15, 0.2) is 17.1 Å². The average Bonchev–Trinajstić information content (AvgIpc) is 2.72. The third-order valence-electron chi connectivity index (χ3n) is 4.99. The Balaban J connectivity index is 0.00000841. The normalized spacial score (nSPS) is 10.5. The van der Waals surface area contributed by atoms with Crippen molar-refractivity contribution in [1.82, 2.24) is 4.57 Å². The highest BCUT2D eigenvalue weighted by atomic mass is 35.5. The van der Waals surface area contributed by atoms with Gasteiger partial charge in [-0.25, -0.2) is 0 Å². The number of hydrogen-bond acceptors (Lipinski definition) is 6. The van der Waals surface area contributed by atoms with Gasteiger partial charge in [-0.05, 0) is 19.3 Å². The maximum absolute atomic E-state index is 11.5. The fraction of sp³-hybridized carbons (Fsp3) is 0.682. The first-order valence-electron chi connectivity index (χ1n) is 10.8. The smallest absolute Gasteiger partial charge is 0.306 e. The molecule has 0 radical (unpaired) electrons. The molecule has 30 heavy (non-hydrogen) atoms. The Labute approximate surface area is 185 Å². The van der Waals surface area contributed by atoms with Gasteiger partial charge in [-0.2, -0.15) is 0 Å². The molecule has 0 aliphatic carbocycles. The summed E-state index contributed by atoms with van der Waals surface area (Å²) in [5, 5.41) is 9.85. The number of rotatable bonds is 16. The first-order valence-corrected chi connectivity index (χ1v) is 10.8. The molecule has 3 N–H and O–H groups in total. The van der Waals surface area contributed by atoms with Gasteiger partial charge in [0.1, 0.15) is 5.78 Å². The highest BCUT2D eigenvalue weighted by molar-refractivity contribution is 5.85. The first kappa shape index (κ1) is 28.1. The van der Waals surface area contributed by atoms with Crippen molar-refractivity contribution in [2.45, 2.75) is 84.1 Å². The van der Waals surface area contributed by atoms with E-state index in [0.29, 0.717) is 18.7 Å². The summed E-state index contributed by atoms with van der Waals surface area (Å²) in [6, 6.07) is 1.42. The fourth-order valence-electron chi connectivity index (χ4n) is 3.23. The SMILES string of the molecule is CCc1c(O)c(=O)ccn1CCCCCCCCCCOC(=O)CCC(=O)CN.Cl. The van der Waals surface area contributed by atoms with Crippen molar-refractivity contribution in [1.29, 1.82) is 0 Å². The summed E-state index contributed by atoms with van der Waals surface area (Å²) >= 11 is 0. The summed E-state index contributed by atoms with van der Waals surface area (Å²) in [4.78, 5) is 33.9. The zero-order valence-electron chi connectivity index (χ0n) is 18.1. The van der Waals surface area contributed by atoms with Crippen LogP contribution in [0.2, 0.25) is 0 Å². The van der Waals surface area contributed by atoms with E-state index in [1.807, 2.05) is 11.5 Å². The van der Waals surface area contributed by atoms with Crippen LogP contribution in [0.1, 0.15) is 76.8 Å². The molecule has 0 spiro atoms. The second-order valence-corrected chi connectivity index (χ2v) is 7.31. The van der Waals surface area contributed by atoms with Gasteiger partial charge in [0.15, 0.2) is 5.75 Å². The van der Waals surface area contributed by atoms with Gasteiger partial charge >= 0.3 is 5.97 Å². The molecular formula is C22H37ClN2O5. The molecule has 7 nitrogen and oxygen atoms in total. The monoisotopic (exact) mass is 444 g/mol. The minimum absolute atomic E-state index is 0. The van der Waals surface area contributed by atoms with Gasteiger partial charge in [0, 0.05) is 25.2 Å². The Morgan fingerprint density at radius 1 is 1.03 bits per heavy atom. The number of pyridine rings is 1. The number of halogens is 1. The molecule has 0 aliphatic rings. The average molecular weight is 445 g/mol. The summed E-state index contributed by atoms with van der Waals surface area (Å²) in [7, 11) is 0. The molecule has 0 atom stereocenters. The molecule has 1 heterocycles. The highest BCUT2D eigenvalue weighted by Crippen LogP contribution is 2.14. The van der Waals surface area contributed by atoms with Crippen LogP contribution >= 0.6 is 12.4 Å². The lowest BCUT2D eigenvalue weighted by molar-refractivity contribution is -0.144. The molecule has 0 saturated carbocycles. The minimum atomic E-state index is -0.325. The number of nitrogens with zero attached hydrogens (tertiary/aromatic N) is 1. The van der Waals surface area contributed by atoms with Crippen LogP contribution in [-0.4, -0.2) is 34.6 Å². The van der Waals surface area contributed by atoms with Gasteiger partial charge in [0.05, 0.1) is 25.3 Å². The predicted molar refractivity (Wildman–Crippen MR) is 120 cm³/mol. The van der Waals surface area contributed by atoms with Crippen molar-refractivity contribution in [3.05, 3.63) is 28.2 Å². The summed E-state index contributed by atoms with van der Waals surface area (Å²) in [6.45, 7) is 3.15. The number of aryl methyl sites for hydroxylation is 1. The number of esters is 1. The molecular weight excluding hydrogens is 408 g/mol. The number of carbonyl (C=O) groups is 2. The molecule has 1 aromatic rings. The molecule has 0 aliphatic heterocycles. The Bertz CT molecular complexity index is 691. The molecule has 8 heteroatoms. The van der Waals surface area contributed by atoms with Gasteiger partial charge in [-0.1, -0.05) is 45.4 Å². The Hall–Kier alpha value is -1.86. The Morgan fingerprint density at radius 3 is 2.23 bits per heavy atom. The maximum Gasteiger partial charge on any atom is 0.306 e. The number of carbonyl (C=O) groups excluding carboxylic acids is 2. The number of aromatic nitrogens is 1. The summed E-state index contributed by atoms with van der Waals surface area (Å²) in [5.74, 6) is -0.566. The fourth-order valence-corrected chi connectivity index (χ4v) is 3.23. The van der Waals surface area contributed by atoms with E-state index in [1.165, 1.54) is 12.5 Å². The molecule has 0 saturated heterocycles. The zero-order valence-corrected chi connectivity index (χ0v) is 18.9. The number of aromatic hydroxyl groups is 1. The van der Waals surface area contributed by atoms with E-state index < -0.39 is 0 Å². The van der Waals surface area contributed by atoms with Crippen LogP contribution in [0.3, 0.4) is 0 Å². The van der Waals surface area contributed by atoms with Crippen molar-refractivity contribution < 1.29 is 19.4 Å². The third-order valence-corrected chi connectivity index (χ3v) is 4.99. The second-order valence-electron chi connectivity index (χ2n) is 7.31. The van der Waals surface area contributed by atoms with Gasteiger partial charge in [-0.15, -0.1) is 12.4 Å². The maximum atomic E-state index is 11.5. The quantitative estimate of drug-likeness (QED) is 0.298.